The fourth-order valence-electron chi connectivity index (χ4n) is 1.81. The molecule has 0 aliphatic rings. The van der Waals surface area contributed by atoms with E-state index in [0.717, 1.165) is 12.1 Å². The summed E-state index contributed by atoms with van der Waals surface area (Å²) in [7, 11) is 0. The molecule has 0 bridgehead atoms. The minimum Gasteiger partial charge on any atom is -0.508 e. The van der Waals surface area contributed by atoms with Crippen LogP contribution in [0.4, 0.5) is 5.69 Å². The Hall–Kier alpha value is -2.54. The van der Waals surface area contributed by atoms with E-state index in [1.165, 1.54) is 12.1 Å². The zero-order valence-electron chi connectivity index (χ0n) is 12.9. The van der Waals surface area contributed by atoms with Gasteiger partial charge in [0.15, 0.2) is 5.96 Å². The van der Waals surface area contributed by atoms with Crippen molar-refractivity contribution in [3.8, 4) is 5.75 Å². The van der Waals surface area contributed by atoms with Gasteiger partial charge < -0.3 is 21.1 Å². The topological polar surface area (TPSA) is 85.8 Å². The van der Waals surface area contributed by atoms with E-state index in [1.807, 2.05) is 23.8 Å². The Morgan fingerprint density at radius 2 is 2.00 bits per heavy atom. The fourth-order valence-corrected chi connectivity index (χ4v) is 2.47. The molecular formula is C16H20N4O2S. The lowest BCUT2D eigenvalue weighted by atomic mass is 10.3. The first-order valence-electron chi connectivity index (χ1n) is 7.29. The molecule has 23 heavy (non-hydrogen) atoms. The molecule has 1 heterocycles. The summed E-state index contributed by atoms with van der Waals surface area (Å²) in [5.41, 5.74) is 1.77. The van der Waals surface area contributed by atoms with Crippen molar-refractivity contribution in [2.75, 3.05) is 18.4 Å². The Bertz CT molecular complexity index is 639. The van der Waals surface area contributed by atoms with Crippen LogP contribution in [-0.2, 0) is 11.3 Å². The van der Waals surface area contributed by atoms with Gasteiger partial charge in [-0.1, -0.05) is 0 Å². The van der Waals surface area contributed by atoms with Crippen molar-refractivity contribution < 1.29 is 9.90 Å². The third-order valence-corrected chi connectivity index (χ3v) is 3.64. The molecule has 0 aliphatic carbocycles. The number of guanidine groups is 1. The summed E-state index contributed by atoms with van der Waals surface area (Å²) in [6, 6.07) is 8.35. The van der Waals surface area contributed by atoms with Gasteiger partial charge in [0.05, 0.1) is 13.1 Å². The van der Waals surface area contributed by atoms with Crippen LogP contribution in [0.1, 0.15) is 12.5 Å². The van der Waals surface area contributed by atoms with Crippen molar-refractivity contribution in [3.63, 3.8) is 0 Å². The van der Waals surface area contributed by atoms with Crippen molar-refractivity contribution in [1.82, 2.24) is 10.6 Å². The number of aromatic hydroxyl groups is 1. The van der Waals surface area contributed by atoms with Crippen molar-refractivity contribution in [2.24, 2.45) is 4.99 Å². The quantitative estimate of drug-likeness (QED) is 0.371. The summed E-state index contributed by atoms with van der Waals surface area (Å²) in [5, 5.41) is 22.1. The zero-order chi connectivity index (χ0) is 16.5. The molecular weight excluding hydrogens is 312 g/mol. The average molecular weight is 332 g/mol. The first kappa shape index (κ1) is 16.8. The molecule has 0 saturated heterocycles. The molecule has 0 atom stereocenters. The maximum absolute atomic E-state index is 11.9. The van der Waals surface area contributed by atoms with Crippen LogP contribution in [0.15, 0.2) is 46.1 Å². The van der Waals surface area contributed by atoms with E-state index >= 15 is 0 Å². The number of benzene rings is 1. The van der Waals surface area contributed by atoms with Gasteiger partial charge in [-0.3, -0.25) is 4.79 Å². The summed E-state index contributed by atoms with van der Waals surface area (Å²) in [4.78, 5) is 16.4. The fraction of sp³-hybridized carbons (Fsp3) is 0.250. The van der Waals surface area contributed by atoms with Crippen LogP contribution in [0.3, 0.4) is 0 Å². The van der Waals surface area contributed by atoms with Crippen LogP contribution >= 0.6 is 11.3 Å². The van der Waals surface area contributed by atoms with Crippen molar-refractivity contribution in [3.05, 3.63) is 46.7 Å². The molecule has 2 aromatic rings. The number of anilines is 1. The molecule has 0 unspecified atom stereocenters. The van der Waals surface area contributed by atoms with Crippen LogP contribution in [-0.4, -0.2) is 30.1 Å². The lowest BCUT2D eigenvalue weighted by Gasteiger charge is -2.11. The number of hydrogen-bond donors (Lipinski definition) is 4. The van der Waals surface area contributed by atoms with Crippen LogP contribution in [0.2, 0.25) is 0 Å². The molecule has 2 rings (SSSR count). The van der Waals surface area contributed by atoms with Gasteiger partial charge in [0, 0.05) is 12.2 Å². The number of phenols is 1. The second-order valence-corrected chi connectivity index (χ2v) is 5.56. The summed E-state index contributed by atoms with van der Waals surface area (Å²) >= 11 is 1.63. The van der Waals surface area contributed by atoms with E-state index in [0.29, 0.717) is 18.2 Å². The third kappa shape index (κ3) is 5.99. The van der Waals surface area contributed by atoms with Gasteiger partial charge in [0.25, 0.3) is 0 Å². The third-order valence-electron chi connectivity index (χ3n) is 2.91. The van der Waals surface area contributed by atoms with Crippen molar-refractivity contribution >= 4 is 28.9 Å². The Morgan fingerprint density at radius 1 is 1.22 bits per heavy atom. The van der Waals surface area contributed by atoms with Crippen LogP contribution in [0.5, 0.6) is 5.75 Å². The maximum atomic E-state index is 11.9. The second kappa shape index (κ2) is 8.79. The number of amides is 1. The molecule has 1 aromatic heterocycles. The highest BCUT2D eigenvalue weighted by Gasteiger charge is 2.04. The standard InChI is InChI=1S/C16H20N4O2S/c1-2-17-16(18-9-12-7-8-23-11-12)19-10-15(22)20-13-3-5-14(21)6-4-13/h3-8,11,21H,2,9-10H2,1H3,(H,20,22)(H2,17,18,19). The SMILES string of the molecule is CCNC(=NCc1ccsc1)NCC(=O)Nc1ccc(O)cc1. The van der Waals surface area contributed by atoms with E-state index in [1.54, 1.807) is 23.5 Å². The average Bonchev–Trinajstić information content (AvgIpc) is 3.06. The van der Waals surface area contributed by atoms with Gasteiger partial charge >= 0.3 is 0 Å². The molecule has 7 heteroatoms. The molecule has 6 nitrogen and oxygen atoms in total. The number of rotatable bonds is 6. The lowest BCUT2D eigenvalue weighted by Crippen LogP contribution is -2.41. The smallest absolute Gasteiger partial charge is 0.243 e. The normalized spacial score (nSPS) is 11.1. The predicted molar refractivity (Wildman–Crippen MR) is 93.9 cm³/mol. The van der Waals surface area contributed by atoms with Crippen LogP contribution in [0.25, 0.3) is 0 Å². The monoisotopic (exact) mass is 332 g/mol. The number of aliphatic imine (C=N–C) groups is 1. The molecule has 0 aliphatic heterocycles. The molecule has 1 aromatic carbocycles. The van der Waals surface area contributed by atoms with Crippen LogP contribution < -0.4 is 16.0 Å². The predicted octanol–water partition coefficient (Wildman–Crippen LogP) is 2.15. The van der Waals surface area contributed by atoms with Gasteiger partial charge in [-0.05, 0) is 53.6 Å². The van der Waals surface area contributed by atoms with E-state index in [-0.39, 0.29) is 18.2 Å². The first-order chi connectivity index (χ1) is 11.2. The Kier molecular flexibility index (Phi) is 6.43. The first-order valence-corrected chi connectivity index (χ1v) is 8.24. The molecule has 1 amide bonds. The maximum Gasteiger partial charge on any atom is 0.243 e. The van der Waals surface area contributed by atoms with Crippen LogP contribution in [0, 0.1) is 0 Å². The molecule has 4 N–H and O–H groups in total. The minimum atomic E-state index is -0.183. The van der Waals surface area contributed by atoms with Gasteiger partial charge in [-0.25, -0.2) is 4.99 Å². The van der Waals surface area contributed by atoms with Gasteiger partial charge in [-0.2, -0.15) is 11.3 Å². The van der Waals surface area contributed by atoms with E-state index in [4.69, 9.17) is 0 Å². The highest BCUT2D eigenvalue weighted by Crippen LogP contribution is 2.13. The van der Waals surface area contributed by atoms with Gasteiger partial charge in [0.1, 0.15) is 5.75 Å². The number of carbonyl (C=O) groups is 1. The summed E-state index contributed by atoms with van der Waals surface area (Å²) < 4.78 is 0. The molecule has 122 valence electrons. The summed E-state index contributed by atoms with van der Waals surface area (Å²) in [5.74, 6) is 0.576. The molecule has 0 spiro atoms. The highest BCUT2D eigenvalue weighted by atomic mass is 32.1. The zero-order valence-corrected chi connectivity index (χ0v) is 13.7. The van der Waals surface area contributed by atoms with Crippen molar-refractivity contribution in [1.29, 1.82) is 0 Å². The second-order valence-electron chi connectivity index (χ2n) is 4.78. The molecule has 0 saturated carbocycles. The minimum absolute atomic E-state index is 0.107. The number of carbonyl (C=O) groups excluding carboxylic acids is 1. The van der Waals surface area contributed by atoms with E-state index < -0.39 is 0 Å². The molecule has 0 fully saturated rings. The Morgan fingerprint density at radius 3 is 2.65 bits per heavy atom. The van der Waals surface area contributed by atoms with Gasteiger partial charge in [0.2, 0.25) is 5.91 Å². The summed E-state index contributed by atoms with van der Waals surface area (Å²) in [6.07, 6.45) is 0. The van der Waals surface area contributed by atoms with E-state index in [9.17, 15) is 9.90 Å². The highest BCUT2D eigenvalue weighted by molar-refractivity contribution is 7.07. The largest absolute Gasteiger partial charge is 0.508 e. The van der Waals surface area contributed by atoms with E-state index in [2.05, 4.69) is 20.9 Å². The van der Waals surface area contributed by atoms with Gasteiger partial charge in [-0.15, -0.1) is 0 Å². The Labute approximate surface area is 139 Å². The number of hydrogen-bond acceptors (Lipinski definition) is 4. The summed E-state index contributed by atoms with van der Waals surface area (Å²) in [6.45, 7) is 3.36. The number of thiophene rings is 1. The Balaban J connectivity index is 1.83. The number of phenolic OH excluding ortho intramolecular Hbond substituents is 1. The lowest BCUT2D eigenvalue weighted by molar-refractivity contribution is -0.115. The number of nitrogens with one attached hydrogen (secondary N) is 3. The van der Waals surface area contributed by atoms with Crippen molar-refractivity contribution in [2.45, 2.75) is 13.5 Å². The molecule has 0 radical (unpaired) electrons. The number of nitrogens with zero attached hydrogens (tertiary/aromatic N) is 1.